The van der Waals surface area contributed by atoms with Crippen molar-refractivity contribution in [2.75, 3.05) is 7.11 Å². The minimum absolute atomic E-state index is 0.756. The molecule has 2 rings (SSSR count). The van der Waals surface area contributed by atoms with Gasteiger partial charge >= 0.3 is 0 Å². The van der Waals surface area contributed by atoms with E-state index in [2.05, 4.69) is 19.5 Å². The molecule has 2 aromatic heterocycles. The molecular formula is C12H22N3OP. The molecule has 0 aliphatic carbocycles. The van der Waals surface area contributed by atoms with Crippen LogP contribution < -0.4 is 4.74 Å². The second kappa shape index (κ2) is 8.82. The summed E-state index contributed by atoms with van der Waals surface area (Å²) in [7, 11) is 4.11. The standard InChI is InChI=1S/C8H10N3OP.2C2H6/c1-12-8-3-2-7(10-8)6-4-9-11(13)5-6;2*1-2/h2-5,10H,13H2,1H3;2*1-2H3. The fraction of sp³-hybridized carbons (Fsp3) is 0.417. The summed E-state index contributed by atoms with van der Waals surface area (Å²) in [5.74, 6) is 0.756. The van der Waals surface area contributed by atoms with Crippen LogP contribution in [0.1, 0.15) is 27.7 Å². The molecule has 0 fully saturated rings. The molecule has 1 unspecified atom stereocenters. The molecular weight excluding hydrogens is 233 g/mol. The van der Waals surface area contributed by atoms with E-state index < -0.39 is 0 Å². The average molecular weight is 255 g/mol. The van der Waals surface area contributed by atoms with Crippen LogP contribution in [0.5, 0.6) is 5.88 Å². The smallest absolute Gasteiger partial charge is 0.190 e. The van der Waals surface area contributed by atoms with Gasteiger partial charge in [0.15, 0.2) is 5.88 Å². The van der Waals surface area contributed by atoms with Crippen LogP contribution in [0.2, 0.25) is 0 Å². The maximum atomic E-state index is 5.04. The zero-order valence-corrected chi connectivity index (χ0v) is 12.3. The molecule has 0 aliphatic rings. The number of nitrogens with zero attached hydrogens (tertiary/aromatic N) is 2. The lowest BCUT2D eigenvalue weighted by Gasteiger charge is -1.92. The van der Waals surface area contributed by atoms with Crippen molar-refractivity contribution in [3.63, 3.8) is 0 Å². The predicted molar refractivity (Wildman–Crippen MR) is 76.4 cm³/mol. The summed E-state index contributed by atoms with van der Waals surface area (Å²) < 4.78 is 6.72. The number of hydrogen-bond donors (Lipinski definition) is 1. The summed E-state index contributed by atoms with van der Waals surface area (Å²) in [4.78, 5) is 3.11. The Balaban J connectivity index is 0.000000581. The van der Waals surface area contributed by atoms with Crippen molar-refractivity contribution >= 4 is 9.39 Å². The average Bonchev–Trinajstić information content (AvgIpc) is 3.02. The van der Waals surface area contributed by atoms with Crippen LogP contribution in [0.15, 0.2) is 24.5 Å². The number of aromatic nitrogens is 3. The second-order valence-electron chi connectivity index (χ2n) is 2.65. The summed E-state index contributed by atoms with van der Waals surface area (Å²) in [5, 5.41) is 4.05. The number of H-pyrrole nitrogens is 1. The van der Waals surface area contributed by atoms with Gasteiger partial charge in [0.25, 0.3) is 0 Å². The van der Waals surface area contributed by atoms with Crippen molar-refractivity contribution in [2.45, 2.75) is 27.7 Å². The third kappa shape index (κ3) is 4.61. The number of ether oxygens (including phenoxy) is 1. The van der Waals surface area contributed by atoms with E-state index in [0.29, 0.717) is 0 Å². The number of aromatic amines is 1. The van der Waals surface area contributed by atoms with Crippen LogP contribution in [0.3, 0.4) is 0 Å². The van der Waals surface area contributed by atoms with Crippen LogP contribution in [0.4, 0.5) is 0 Å². The molecule has 1 atom stereocenters. The van der Waals surface area contributed by atoms with E-state index in [-0.39, 0.29) is 0 Å². The van der Waals surface area contributed by atoms with E-state index in [0.717, 1.165) is 17.1 Å². The maximum absolute atomic E-state index is 5.04. The molecule has 0 aliphatic heterocycles. The summed E-state index contributed by atoms with van der Waals surface area (Å²) in [5.41, 5.74) is 2.05. The van der Waals surface area contributed by atoms with E-state index in [9.17, 15) is 0 Å². The Morgan fingerprint density at radius 1 is 1.24 bits per heavy atom. The van der Waals surface area contributed by atoms with Crippen LogP contribution in [0.25, 0.3) is 11.3 Å². The van der Waals surface area contributed by atoms with E-state index >= 15 is 0 Å². The molecule has 0 saturated carbocycles. The summed E-state index contributed by atoms with van der Waals surface area (Å²) in [6.45, 7) is 8.00. The van der Waals surface area contributed by atoms with Crippen molar-refractivity contribution in [1.29, 1.82) is 0 Å². The molecule has 4 nitrogen and oxygen atoms in total. The van der Waals surface area contributed by atoms with Gasteiger partial charge in [-0.05, 0) is 15.5 Å². The SMILES string of the molecule is CC.CC.COc1ccc(-c2cnn(P)c2)[nH]1. The van der Waals surface area contributed by atoms with Crippen LogP contribution in [-0.2, 0) is 0 Å². The Morgan fingerprint density at radius 3 is 2.29 bits per heavy atom. The topological polar surface area (TPSA) is 42.8 Å². The summed E-state index contributed by atoms with van der Waals surface area (Å²) in [6, 6.07) is 3.84. The quantitative estimate of drug-likeness (QED) is 0.833. The minimum Gasteiger partial charge on any atom is -0.482 e. The van der Waals surface area contributed by atoms with Crippen LogP contribution >= 0.6 is 9.39 Å². The van der Waals surface area contributed by atoms with Gasteiger partial charge in [0.05, 0.1) is 19.0 Å². The largest absolute Gasteiger partial charge is 0.482 e. The maximum Gasteiger partial charge on any atom is 0.190 e. The number of methoxy groups -OCH3 is 1. The van der Waals surface area contributed by atoms with Gasteiger partial charge < -0.3 is 9.72 Å². The predicted octanol–water partition coefficient (Wildman–Crippen LogP) is 3.58. The monoisotopic (exact) mass is 255 g/mol. The first-order valence-electron chi connectivity index (χ1n) is 5.83. The summed E-state index contributed by atoms with van der Waals surface area (Å²) >= 11 is 0. The van der Waals surface area contributed by atoms with Crippen molar-refractivity contribution in [2.24, 2.45) is 0 Å². The molecule has 2 heterocycles. The highest BCUT2D eigenvalue weighted by Gasteiger charge is 2.02. The highest BCUT2D eigenvalue weighted by Crippen LogP contribution is 2.21. The molecule has 1 N–H and O–H groups in total. The van der Waals surface area contributed by atoms with Crippen LogP contribution in [0, 0.1) is 0 Å². The van der Waals surface area contributed by atoms with E-state index in [4.69, 9.17) is 4.74 Å². The molecule has 5 heteroatoms. The molecule has 0 amide bonds. The lowest BCUT2D eigenvalue weighted by Crippen LogP contribution is -1.81. The Labute approximate surface area is 106 Å². The van der Waals surface area contributed by atoms with Crippen LogP contribution in [-0.4, -0.2) is 21.6 Å². The zero-order chi connectivity index (χ0) is 13.3. The second-order valence-corrected chi connectivity index (χ2v) is 3.18. The Kier molecular flexibility index (Phi) is 8.16. The lowest BCUT2D eigenvalue weighted by molar-refractivity contribution is 0.401. The lowest BCUT2D eigenvalue weighted by atomic mass is 10.3. The third-order valence-electron chi connectivity index (χ3n) is 1.79. The van der Waals surface area contributed by atoms with Gasteiger partial charge in [-0.3, -0.25) is 4.45 Å². The molecule has 0 saturated heterocycles. The van der Waals surface area contributed by atoms with Gasteiger partial charge in [0.2, 0.25) is 0 Å². The molecule has 0 bridgehead atoms. The molecule has 17 heavy (non-hydrogen) atoms. The first-order valence-corrected chi connectivity index (χ1v) is 6.34. The number of rotatable bonds is 2. The molecule has 0 spiro atoms. The first-order chi connectivity index (χ1) is 8.29. The van der Waals surface area contributed by atoms with Crippen molar-refractivity contribution in [1.82, 2.24) is 14.5 Å². The Morgan fingerprint density at radius 2 is 1.88 bits per heavy atom. The van der Waals surface area contributed by atoms with E-state index in [1.54, 1.807) is 17.8 Å². The third-order valence-corrected chi connectivity index (χ3v) is 2.07. The highest BCUT2D eigenvalue weighted by atomic mass is 31.0. The van der Waals surface area contributed by atoms with Gasteiger partial charge in [-0.15, -0.1) is 0 Å². The number of hydrogen-bond acceptors (Lipinski definition) is 2. The number of nitrogens with one attached hydrogen (secondary N) is 1. The molecule has 2 aromatic rings. The van der Waals surface area contributed by atoms with Gasteiger partial charge in [0, 0.05) is 17.8 Å². The zero-order valence-electron chi connectivity index (χ0n) is 11.2. The minimum atomic E-state index is 0.756. The van der Waals surface area contributed by atoms with Crippen molar-refractivity contribution < 1.29 is 4.74 Å². The van der Waals surface area contributed by atoms with E-state index in [1.165, 1.54) is 0 Å². The first kappa shape index (κ1) is 15.7. The van der Waals surface area contributed by atoms with Crippen molar-refractivity contribution in [3.8, 4) is 17.1 Å². The fourth-order valence-electron chi connectivity index (χ4n) is 1.14. The van der Waals surface area contributed by atoms with Gasteiger partial charge in [-0.1, -0.05) is 27.7 Å². The van der Waals surface area contributed by atoms with E-state index in [1.807, 2.05) is 46.0 Å². The van der Waals surface area contributed by atoms with Gasteiger partial charge in [0.1, 0.15) is 0 Å². The van der Waals surface area contributed by atoms with Crippen molar-refractivity contribution in [3.05, 3.63) is 24.5 Å². The molecule has 96 valence electrons. The highest BCUT2D eigenvalue weighted by molar-refractivity contribution is 7.14. The Hall–Kier alpha value is -1.28. The van der Waals surface area contributed by atoms with Gasteiger partial charge in [-0.2, -0.15) is 5.10 Å². The molecule has 0 radical (unpaired) electrons. The summed E-state index contributed by atoms with van der Waals surface area (Å²) in [6.07, 6.45) is 3.70. The Bertz CT molecular complexity index is 409. The normalized spacial score (nSPS) is 8.59. The van der Waals surface area contributed by atoms with Gasteiger partial charge in [-0.25, -0.2) is 0 Å². The fourth-order valence-corrected chi connectivity index (χ4v) is 1.37. The molecule has 0 aromatic carbocycles.